The van der Waals surface area contributed by atoms with Gasteiger partial charge in [0.25, 0.3) is 0 Å². The van der Waals surface area contributed by atoms with E-state index in [0.29, 0.717) is 5.03 Å². The summed E-state index contributed by atoms with van der Waals surface area (Å²) in [6, 6.07) is 7.75. The molecule has 0 bridgehead atoms. The van der Waals surface area contributed by atoms with Crippen LogP contribution in [-0.4, -0.2) is 0 Å². The molecule has 0 aromatic heterocycles. The van der Waals surface area contributed by atoms with E-state index in [0.717, 1.165) is 28.8 Å². The highest BCUT2D eigenvalue weighted by molar-refractivity contribution is 9.10. The van der Waals surface area contributed by atoms with Gasteiger partial charge >= 0.3 is 0 Å². The fourth-order valence-corrected chi connectivity index (χ4v) is 2.13. The molecule has 1 aromatic rings. The Morgan fingerprint density at radius 3 is 2.50 bits per heavy atom. The predicted octanol–water partition coefficient (Wildman–Crippen LogP) is 5.02. The lowest BCUT2D eigenvalue weighted by Gasteiger charge is -2.15. The average molecular weight is 300 g/mol. The third-order valence-electron chi connectivity index (χ3n) is 2.44. The number of rotatable bonds is 2. The number of ether oxygens (including phenoxy) is 1. The van der Waals surface area contributed by atoms with Gasteiger partial charge in [0.15, 0.2) is 0 Å². The van der Waals surface area contributed by atoms with Crippen molar-refractivity contribution in [1.82, 2.24) is 0 Å². The topological polar surface area (TPSA) is 9.23 Å². The zero-order chi connectivity index (χ0) is 11.5. The minimum atomic E-state index is 0.715. The lowest BCUT2D eigenvalue weighted by Crippen LogP contribution is -2.01. The Bertz CT molecular complexity index is 446. The summed E-state index contributed by atoms with van der Waals surface area (Å²) in [5.74, 6) is 1.68. The van der Waals surface area contributed by atoms with E-state index in [1.165, 1.54) is 5.57 Å². The Morgan fingerprint density at radius 1 is 1.19 bits per heavy atom. The summed E-state index contributed by atoms with van der Waals surface area (Å²) < 4.78 is 6.79. The van der Waals surface area contributed by atoms with E-state index in [2.05, 4.69) is 22.9 Å². The van der Waals surface area contributed by atoms with E-state index in [9.17, 15) is 0 Å². The van der Waals surface area contributed by atoms with Crippen molar-refractivity contribution in [2.45, 2.75) is 19.8 Å². The van der Waals surface area contributed by atoms with Crippen molar-refractivity contribution in [2.75, 3.05) is 0 Å². The highest BCUT2D eigenvalue weighted by Gasteiger charge is 2.11. The molecule has 0 unspecified atom stereocenters. The first-order valence-corrected chi connectivity index (χ1v) is 6.31. The second kappa shape index (κ2) is 5.07. The Balaban J connectivity index is 2.16. The fourth-order valence-electron chi connectivity index (χ4n) is 1.54. The van der Waals surface area contributed by atoms with Crippen LogP contribution in [0, 0.1) is 0 Å². The monoisotopic (exact) mass is 298 g/mol. The lowest BCUT2D eigenvalue weighted by molar-refractivity contribution is 0.399. The molecule has 0 saturated carbocycles. The molecule has 0 aliphatic heterocycles. The maximum atomic E-state index is 6.13. The van der Waals surface area contributed by atoms with Crippen LogP contribution >= 0.6 is 27.5 Å². The Kier molecular flexibility index (Phi) is 3.72. The summed E-state index contributed by atoms with van der Waals surface area (Å²) in [4.78, 5) is 0. The molecule has 1 aliphatic carbocycles. The van der Waals surface area contributed by atoms with Gasteiger partial charge in [-0.05, 0) is 43.7 Å². The van der Waals surface area contributed by atoms with Gasteiger partial charge in [0, 0.05) is 10.9 Å². The highest BCUT2D eigenvalue weighted by Crippen LogP contribution is 2.29. The van der Waals surface area contributed by atoms with Gasteiger partial charge in [-0.15, -0.1) is 0 Å². The van der Waals surface area contributed by atoms with Crippen molar-refractivity contribution in [1.29, 1.82) is 0 Å². The van der Waals surface area contributed by atoms with Crippen LogP contribution in [0.3, 0.4) is 0 Å². The Morgan fingerprint density at radius 2 is 1.88 bits per heavy atom. The van der Waals surface area contributed by atoms with E-state index in [1.807, 2.05) is 30.3 Å². The van der Waals surface area contributed by atoms with E-state index in [4.69, 9.17) is 16.3 Å². The van der Waals surface area contributed by atoms with Gasteiger partial charge < -0.3 is 4.74 Å². The zero-order valence-electron chi connectivity index (χ0n) is 8.97. The van der Waals surface area contributed by atoms with Gasteiger partial charge in [-0.2, -0.15) is 0 Å². The van der Waals surface area contributed by atoms with Crippen LogP contribution in [0.5, 0.6) is 5.75 Å². The van der Waals surface area contributed by atoms with Gasteiger partial charge in [0.2, 0.25) is 0 Å². The van der Waals surface area contributed by atoms with Gasteiger partial charge in [-0.1, -0.05) is 33.1 Å². The molecule has 0 atom stereocenters. The minimum Gasteiger partial charge on any atom is -0.460 e. The number of hydrogen-bond donors (Lipinski definition) is 0. The molecule has 16 heavy (non-hydrogen) atoms. The molecule has 1 aromatic carbocycles. The first-order valence-electron chi connectivity index (χ1n) is 5.14. The maximum Gasteiger partial charge on any atom is 0.127 e. The first kappa shape index (κ1) is 11.7. The molecule has 0 radical (unpaired) electrons. The van der Waals surface area contributed by atoms with Crippen LogP contribution in [-0.2, 0) is 0 Å². The number of benzene rings is 1. The number of hydrogen-bond acceptors (Lipinski definition) is 1. The normalized spacial score (nSPS) is 16.1. The Hall–Kier alpha value is -0.730. The number of halogens is 2. The third kappa shape index (κ3) is 2.89. The minimum absolute atomic E-state index is 0.715. The molecule has 84 valence electrons. The summed E-state index contributed by atoms with van der Waals surface area (Å²) in [6.45, 7) is 2.08. The molecule has 0 spiro atoms. The van der Waals surface area contributed by atoms with Gasteiger partial charge in [-0.3, -0.25) is 0 Å². The van der Waals surface area contributed by atoms with Crippen molar-refractivity contribution in [3.8, 4) is 5.75 Å². The van der Waals surface area contributed by atoms with Crippen molar-refractivity contribution in [3.05, 3.63) is 51.2 Å². The van der Waals surface area contributed by atoms with Crippen LogP contribution in [0.15, 0.2) is 51.2 Å². The molecular weight excluding hydrogens is 287 g/mol. The molecule has 1 nitrogen and oxygen atoms in total. The van der Waals surface area contributed by atoms with Crippen molar-refractivity contribution >= 4 is 27.5 Å². The molecule has 0 N–H and O–H groups in total. The smallest absolute Gasteiger partial charge is 0.127 e. The first-order chi connectivity index (χ1) is 7.65. The van der Waals surface area contributed by atoms with E-state index in [-0.39, 0.29) is 0 Å². The van der Waals surface area contributed by atoms with E-state index in [1.54, 1.807) is 0 Å². The maximum absolute atomic E-state index is 6.13. The molecule has 0 heterocycles. The van der Waals surface area contributed by atoms with Crippen LogP contribution < -0.4 is 4.74 Å². The largest absolute Gasteiger partial charge is 0.460 e. The SMILES string of the molecule is CC1=CC(Cl)=C(Oc2ccc(Br)cc2)CC1. The van der Waals surface area contributed by atoms with Crippen molar-refractivity contribution in [3.63, 3.8) is 0 Å². The zero-order valence-corrected chi connectivity index (χ0v) is 11.3. The summed E-state index contributed by atoms with van der Waals surface area (Å²) in [5.41, 5.74) is 1.30. The second-order valence-electron chi connectivity index (χ2n) is 3.82. The standard InChI is InChI=1S/C13H12BrClO/c1-9-2-7-13(12(15)8-9)16-11-5-3-10(14)4-6-11/h3-6,8H,2,7H2,1H3. The highest BCUT2D eigenvalue weighted by atomic mass is 79.9. The van der Waals surface area contributed by atoms with Crippen LogP contribution in [0.4, 0.5) is 0 Å². The second-order valence-corrected chi connectivity index (χ2v) is 5.14. The molecule has 0 amide bonds. The lowest BCUT2D eigenvalue weighted by atomic mass is 10.1. The fraction of sp³-hybridized carbons (Fsp3) is 0.231. The van der Waals surface area contributed by atoms with Crippen molar-refractivity contribution in [2.24, 2.45) is 0 Å². The quantitative estimate of drug-likeness (QED) is 0.745. The molecule has 0 saturated heterocycles. The molecule has 1 aliphatic rings. The summed E-state index contributed by atoms with van der Waals surface area (Å²) >= 11 is 9.51. The van der Waals surface area contributed by atoms with Gasteiger partial charge in [0.1, 0.15) is 11.5 Å². The summed E-state index contributed by atoms with van der Waals surface area (Å²) in [5, 5.41) is 0.715. The molecule has 3 heteroatoms. The van der Waals surface area contributed by atoms with Crippen LogP contribution in [0.25, 0.3) is 0 Å². The van der Waals surface area contributed by atoms with E-state index < -0.39 is 0 Å². The van der Waals surface area contributed by atoms with E-state index >= 15 is 0 Å². The predicted molar refractivity (Wildman–Crippen MR) is 70.6 cm³/mol. The van der Waals surface area contributed by atoms with Crippen LogP contribution in [0.1, 0.15) is 19.8 Å². The average Bonchev–Trinajstić information content (AvgIpc) is 2.25. The van der Waals surface area contributed by atoms with Gasteiger partial charge in [-0.25, -0.2) is 0 Å². The molecular formula is C13H12BrClO. The summed E-state index contributed by atoms with van der Waals surface area (Å²) in [6.07, 6.45) is 3.86. The molecule has 0 fully saturated rings. The third-order valence-corrected chi connectivity index (χ3v) is 3.29. The van der Waals surface area contributed by atoms with Gasteiger partial charge in [0.05, 0.1) is 5.03 Å². The van der Waals surface area contributed by atoms with Crippen LogP contribution in [0.2, 0.25) is 0 Å². The molecule has 2 rings (SSSR count). The number of allylic oxidation sites excluding steroid dienone is 4. The Labute approximate surface area is 109 Å². The van der Waals surface area contributed by atoms with Crippen molar-refractivity contribution < 1.29 is 4.74 Å². The summed E-state index contributed by atoms with van der Waals surface area (Å²) in [7, 11) is 0.